The van der Waals surface area contributed by atoms with Gasteiger partial charge in [-0.05, 0) is 54.8 Å². The quantitative estimate of drug-likeness (QED) is 0.219. The molecular weight excluding hydrogens is 565 g/mol. The summed E-state index contributed by atoms with van der Waals surface area (Å²) in [5, 5.41) is 2.88. The molecular formula is C34H36FN3O4S. The van der Waals surface area contributed by atoms with Gasteiger partial charge in [0.1, 0.15) is 18.4 Å². The molecule has 0 saturated carbocycles. The van der Waals surface area contributed by atoms with E-state index >= 15 is 0 Å². The molecule has 1 atom stereocenters. The monoisotopic (exact) mass is 601 g/mol. The van der Waals surface area contributed by atoms with E-state index in [1.165, 1.54) is 23.1 Å². The SMILES string of the molecule is CCCNC(=O)[C@@H](Cc1ccccc1)N(Cc1ccccc1F)C(=O)CN(c1cccc(C)c1)S(=O)(=O)c1ccccc1. The first kappa shape index (κ1) is 31.4. The van der Waals surface area contributed by atoms with E-state index in [-0.39, 0.29) is 23.4 Å². The largest absolute Gasteiger partial charge is 0.354 e. The van der Waals surface area contributed by atoms with E-state index in [0.29, 0.717) is 18.7 Å². The summed E-state index contributed by atoms with van der Waals surface area (Å²) in [5.41, 5.74) is 2.13. The molecule has 0 unspecified atom stereocenters. The van der Waals surface area contributed by atoms with E-state index in [1.807, 2.05) is 50.2 Å². The van der Waals surface area contributed by atoms with Crippen molar-refractivity contribution in [3.05, 3.63) is 132 Å². The maximum atomic E-state index is 14.9. The van der Waals surface area contributed by atoms with Crippen LogP contribution in [0.25, 0.3) is 0 Å². The number of carbonyl (C=O) groups excluding carboxylic acids is 2. The van der Waals surface area contributed by atoms with E-state index < -0.39 is 40.2 Å². The molecule has 0 aliphatic carbocycles. The Labute approximate surface area is 253 Å². The highest BCUT2D eigenvalue weighted by Crippen LogP contribution is 2.26. The van der Waals surface area contributed by atoms with Gasteiger partial charge in [0.15, 0.2) is 0 Å². The van der Waals surface area contributed by atoms with Gasteiger partial charge in [0.2, 0.25) is 11.8 Å². The summed E-state index contributed by atoms with van der Waals surface area (Å²) >= 11 is 0. The average Bonchev–Trinajstić information content (AvgIpc) is 3.02. The number of rotatable bonds is 13. The Morgan fingerprint density at radius 1 is 0.860 bits per heavy atom. The Bertz CT molecular complexity index is 1630. The van der Waals surface area contributed by atoms with Crippen LogP contribution in [0, 0.1) is 12.7 Å². The van der Waals surface area contributed by atoms with Crippen molar-refractivity contribution < 1.29 is 22.4 Å². The van der Waals surface area contributed by atoms with Crippen molar-refractivity contribution in [1.82, 2.24) is 10.2 Å². The van der Waals surface area contributed by atoms with Crippen molar-refractivity contribution in [2.24, 2.45) is 0 Å². The summed E-state index contributed by atoms with van der Waals surface area (Å²) < 4.78 is 43.9. The average molecular weight is 602 g/mol. The van der Waals surface area contributed by atoms with Gasteiger partial charge in [0.05, 0.1) is 10.6 Å². The lowest BCUT2D eigenvalue weighted by molar-refractivity contribution is -0.140. The zero-order chi connectivity index (χ0) is 30.8. The van der Waals surface area contributed by atoms with Gasteiger partial charge in [-0.2, -0.15) is 0 Å². The van der Waals surface area contributed by atoms with Crippen LogP contribution in [0.2, 0.25) is 0 Å². The summed E-state index contributed by atoms with van der Waals surface area (Å²) in [4.78, 5) is 29.3. The topological polar surface area (TPSA) is 86.8 Å². The predicted molar refractivity (Wildman–Crippen MR) is 166 cm³/mol. The second-order valence-corrected chi connectivity index (χ2v) is 12.1. The summed E-state index contributed by atoms with van der Waals surface area (Å²) in [7, 11) is -4.19. The van der Waals surface area contributed by atoms with Crippen LogP contribution >= 0.6 is 0 Å². The number of aryl methyl sites for hydroxylation is 1. The van der Waals surface area contributed by atoms with E-state index in [1.54, 1.807) is 54.6 Å². The molecule has 2 amide bonds. The lowest BCUT2D eigenvalue weighted by atomic mass is 10.0. The van der Waals surface area contributed by atoms with Crippen LogP contribution in [0.15, 0.2) is 114 Å². The van der Waals surface area contributed by atoms with Gasteiger partial charge >= 0.3 is 0 Å². The molecule has 4 aromatic rings. The first-order chi connectivity index (χ1) is 20.7. The number of benzene rings is 4. The maximum absolute atomic E-state index is 14.9. The first-order valence-electron chi connectivity index (χ1n) is 14.2. The number of carbonyl (C=O) groups is 2. The minimum Gasteiger partial charge on any atom is -0.354 e. The minimum absolute atomic E-state index is 0.0199. The highest BCUT2D eigenvalue weighted by Gasteiger charge is 2.34. The third-order valence-electron chi connectivity index (χ3n) is 7.02. The van der Waals surface area contributed by atoms with Gasteiger partial charge in [-0.25, -0.2) is 12.8 Å². The molecule has 0 bridgehead atoms. The third-order valence-corrected chi connectivity index (χ3v) is 8.81. The number of nitrogens with zero attached hydrogens (tertiary/aromatic N) is 2. The molecule has 0 spiro atoms. The van der Waals surface area contributed by atoms with Crippen molar-refractivity contribution in [3.8, 4) is 0 Å². The van der Waals surface area contributed by atoms with Crippen molar-refractivity contribution >= 4 is 27.5 Å². The fourth-order valence-electron chi connectivity index (χ4n) is 4.76. The number of sulfonamides is 1. The van der Waals surface area contributed by atoms with Crippen molar-refractivity contribution in [2.45, 2.75) is 44.2 Å². The fraction of sp³-hybridized carbons (Fsp3) is 0.235. The standard InChI is InChI=1S/C34H36FN3O4S/c1-3-21-36-34(40)32(23-27-14-6-4-7-15-27)37(24-28-16-10-11-20-31(28)35)33(39)25-38(29-17-12-13-26(2)22-29)43(41,42)30-18-8-5-9-19-30/h4-20,22,32H,3,21,23-25H2,1-2H3,(H,36,40)/t32-/m1/s1. The van der Waals surface area contributed by atoms with Gasteiger partial charge in [-0.15, -0.1) is 0 Å². The molecule has 0 aliphatic heterocycles. The molecule has 0 saturated heterocycles. The zero-order valence-corrected chi connectivity index (χ0v) is 25.1. The van der Waals surface area contributed by atoms with Gasteiger partial charge < -0.3 is 10.2 Å². The van der Waals surface area contributed by atoms with Gasteiger partial charge in [-0.1, -0.05) is 85.8 Å². The van der Waals surface area contributed by atoms with Crippen molar-refractivity contribution in [3.63, 3.8) is 0 Å². The van der Waals surface area contributed by atoms with E-state index in [2.05, 4.69) is 5.32 Å². The van der Waals surface area contributed by atoms with E-state index in [0.717, 1.165) is 15.4 Å². The molecule has 43 heavy (non-hydrogen) atoms. The normalized spacial score (nSPS) is 11.9. The first-order valence-corrected chi connectivity index (χ1v) is 15.6. The Morgan fingerprint density at radius 2 is 1.51 bits per heavy atom. The van der Waals surface area contributed by atoms with Crippen LogP contribution in [0.5, 0.6) is 0 Å². The molecule has 7 nitrogen and oxygen atoms in total. The molecule has 0 fully saturated rings. The Hall–Kier alpha value is -4.50. The second kappa shape index (κ2) is 14.6. The van der Waals surface area contributed by atoms with Crippen molar-refractivity contribution in [2.75, 3.05) is 17.4 Å². The fourth-order valence-corrected chi connectivity index (χ4v) is 6.19. The third kappa shape index (κ3) is 8.08. The summed E-state index contributed by atoms with van der Waals surface area (Å²) in [5.74, 6) is -1.57. The number of amides is 2. The van der Waals surface area contributed by atoms with Crippen LogP contribution in [-0.2, 0) is 32.6 Å². The molecule has 0 heterocycles. The lowest BCUT2D eigenvalue weighted by Crippen LogP contribution is -2.53. The molecule has 0 aromatic heterocycles. The zero-order valence-electron chi connectivity index (χ0n) is 24.3. The smallest absolute Gasteiger partial charge is 0.264 e. The number of hydrogen-bond donors (Lipinski definition) is 1. The number of anilines is 1. The molecule has 1 N–H and O–H groups in total. The molecule has 9 heteroatoms. The van der Waals surface area contributed by atoms with Crippen LogP contribution in [0.4, 0.5) is 10.1 Å². The lowest BCUT2D eigenvalue weighted by Gasteiger charge is -2.34. The number of nitrogens with one attached hydrogen (secondary N) is 1. The molecule has 224 valence electrons. The van der Waals surface area contributed by atoms with Crippen LogP contribution in [0.3, 0.4) is 0 Å². The van der Waals surface area contributed by atoms with Crippen LogP contribution < -0.4 is 9.62 Å². The number of halogens is 1. The maximum Gasteiger partial charge on any atom is 0.264 e. The molecule has 4 rings (SSSR count). The second-order valence-electron chi connectivity index (χ2n) is 10.3. The molecule has 0 aliphatic rings. The summed E-state index contributed by atoms with van der Waals surface area (Å²) in [6, 6.07) is 29.0. The predicted octanol–water partition coefficient (Wildman–Crippen LogP) is 5.50. The Balaban J connectivity index is 1.80. The highest BCUT2D eigenvalue weighted by molar-refractivity contribution is 7.92. The van der Waals surface area contributed by atoms with Gasteiger partial charge in [0.25, 0.3) is 10.0 Å². The van der Waals surface area contributed by atoms with E-state index in [9.17, 15) is 22.4 Å². The molecule has 0 radical (unpaired) electrons. The Morgan fingerprint density at radius 3 is 2.16 bits per heavy atom. The van der Waals surface area contributed by atoms with E-state index in [4.69, 9.17) is 0 Å². The summed E-state index contributed by atoms with van der Waals surface area (Å²) in [6.45, 7) is 3.32. The van der Waals surface area contributed by atoms with Crippen molar-refractivity contribution in [1.29, 1.82) is 0 Å². The van der Waals surface area contributed by atoms with Crippen LogP contribution in [-0.4, -0.2) is 44.3 Å². The Kier molecular flexibility index (Phi) is 10.7. The highest BCUT2D eigenvalue weighted by atomic mass is 32.2. The van der Waals surface area contributed by atoms with Crippen LogP contribution in [0.1, 0.15) is 30.0 Å². The molecule has 4 aromatic carbocycles. The van der Waals surface area contributed by atoms with Gasteiger partial charge in [-0.3, -0.25) is 13.9 Å². The van der Waals surface area contributed by atoms with Gasteiger partial charge in [0, 0.05) is 25.1 Å². The minimum atomic E-state index is -4.19. The summed E-state index contributed by atoms with van der Waals surface area (Å²) in [6.07, 6.45) is 0.841. The number of hydrogen-bond acceptors (Lipinski definition) is 4.